The number of carbonyl (C=O) groups excluding carboxylic acids is 1. The van der Waals surface area contributed by atoms with Gasteiger partial charge in [0.2, 0.25) is 15.9 Å². The van der Waals surface area contributed by atoms with Crippen molar-refractivity contribution >= 4 is 21.6 Å². The minimum Gasteiger partial charge on any atom is -0.353 e. The predicted octanol–water partition coefficient (Wildman–Crippen LogP) is 3.29. The number of nitrogens with one attached hydrogen (secondary N) is 1. The van der Waals surface area contributed by atoms with Crippen LogP contribution in [0.4, 0.5) is 5.69 Å². The van der Waals surface area contributed by atoms with E-state index in [4.69, 9.17) is 0 Å². The zero-order valence-electron chi connectivity index (χ0n) is 15.2. The van der Waals surface area contributed by atoms with Crippen LogP contribution in [0, 0.1) is 0 Å². The van der Waals surface area contributed by atoms with Gasteiger partial charge in [0, 0.05) is 38.1 Å². The van der Waals surface area contributed by atoms with E-state index >= 15 is 0 Å². The van der Waals surface area contributed by atoms with Crippen molar-refractivity contribution in [1.82, 2.24) is 8.87 Å². The second-order valence-electron chi connectivity index (χ2n) is 6.73. The van der Waals surface area contributed by atoms with Crippen molar-refractivity contribution < 1.29 is 13.2 Å². The van der Waals surface area contributed by atoms with E-state index in [9.17, 15) is 13.2 Å². The van der Waals surface area contributed by atoms with Crippen molar-refractivity contribution in [1.29, 1.82) is 0 Å². The Bertz CT molecular complexity index is 872. The van der Waals surface area contributed by atoms with E-state index in [0.29, 0.717) is 12.2 Å². The molecule has 7 heteroatoms. The van der Waals surface area contributed by atoms with Crippen molar-refractivity contribution in [3.8, 4) is 0 Å². The van der Waals surface area contributed by atoms with Crippen molar-refractivity contribution in [2.45, 2.75) is 43.5 Å². The van der Waals surface area contributed by atoms with Crippen LogP contribution < -0.4 is 5.32 Å². The molecule has 0 aliphatic carbocycles. The Morgan fingerprint density at radius 3 is 2.46 bits per heavy atom. The zero-order chi connectivity index (χ0) is 18.7. The fourth-order valence-electron chi connectivity index (χ4n) is 3.53. The summed E-state index contributed by atoms with van der Waals surface area (Å²) in [5.41, 5.74) is 1.61. The molecule has 1 aromatic heterocycles. The predicted molar refractivity (Wildman–Crippen MR) is 101 cm³/mol. The normalized spacial score (nSPS) is 19.1. The van der Waals surface area contributed by atoms with E-state index < -0.39 is 10.0 Å². The number of aromatic nitrogens is 1. The highest BCUT2D eigenvalue weighted by molar-refractivity contribution is 7.89. The van der Waals surface area contributed by atoms with Crippen molar-refractivity contribution in [2.75, 3.05) is 11.9 Å². The molecule has 2 aromatic rings. The number of hydrogen-bond acceptors (Lipinski definition) is 3. The van der Waals surface area contributed by atoms with Crippen LogP contribution >= 0.6 is 0 Å². The van der Waals surface area contributed by atoms with Crippen LogP contribution in [-0.4, -0.2) is 29.7 Å². The van der Waals surface area contributed by atoms with Crippen molar-refractivity contribution in [3.63, 3.8) is 0 Å². The fraction of sp³-hybridized carbons (Fsp3) is 0.421. The summed E-state index contributed by atoms with van der Waals surface area (Å²) >= 11 is 0. The van der Waals surface area contributed by atoms with Crippen LogP contribution in [0.25, 0.3) is 0 Å². The van der Waals surface area contributed by atoms with Crippen LogP contribution in [0.1, 0.15) is 44.3 Å². The van der Waals surface area contributed by atoms with E-state index in [1.807, 2.05) is 29.9 Å². The lowest BCUT2D eigenvalue weighted by atomic mass is 10.1. The van der Waals surface area contributed by atoms with Crippen molar-refractivity contribution in [3.05, 3.63) is 48.3 Å². The molecule has 26 heavy (non-hydrogen) atoms. The molecule has 1 aliphatic heterocycles. The minimum absolute atomic E-state index is 0.155. The largest absolute Gasteiger partial charge is 0.353 e. The molecule has 1 atom stereocenters. The standard InChI is InChI=1S/C19H25N3O3S/c1-15(23)20-16-9-11-17(12-10-16)26(24,25)22-14-5-3-4-7-19(22)18-8-6-13-21(18)2/h6,8-13,19H,3-5,7,14H2,1-2H3,(H,20,23)/t19-/m1/s1. The van der Waals surface area contributed by atoms with Gasteiger partial charge in [-0.1, -0.05) is 12.8 Å². The molecule has 1 aliphatic rings. The molecule has 0 radical (unpaired) electrons. The third kappa shape index (κ3) is 3.83. The number of hydrogen-bond donors (Lipinski definition) is 1. The lowest BCUT2D eigenvalue weighted by molar-refractivity contribution is -0.114. The first-order valence-electron chi connectivity index (χ1n) is 8.90. The number of anilines is 1. The number of sulfonamides is 1. The summed E-state index contributed by atoms with van der Waals surface area (Å²) in [6.07, 6.45) is 5.69. The molecule has 3 rings (SSSR count). The molecular weight excluding hydrogens is 350 g/mol. The number of rotatable bonds is 4. The van der Waals surface area contributed by atoms with Gasteiger partial charge >= 0.3 is 0 Å². The topological polar surface area (TPSA) is 71.4 Å². The lowest BCUT2D eigenvalue weighted by Gasteiger charge is -2.29. The molecule has 0 spiro atoms. The van der Waals surface area contributed by atoms with E-state index in [1.165, 1.54) is 6.92 Å². The minimum atomic E-state index is -3.62. The maximum absolute atomic E-state index is 13.3. The Morgan fingerprint density at radius 2 is 1.85 bits per heavy atom. The number of carbonyl (C=O) groups is 1. The van der Waals surface area contributed by atoms with Gasteiger partial charge in [0.05, 0.1) is 10.9 Å². The van der Waals surface area contributed by atoms with Gasteiger partial charge in [-0.2, -0.15) is 4.31 Å². The number of amides is 1. The van der Waals surface area contributed by atoms with Gasteiger partial charge in [0.25, 0.3) is 0 Å². The lowest BCUT2D eigenvalue weighted by Crippen LogP contribution is -2.35. The van der Waals surface area contributed by atoms with Crippen LogP contribution in [-0.2, 0) is 21.9 Å². The van der Waals surface area contributed by atoms with Crippen LogP contribution in [0.5, 0.6) is 0 Å². The monoisotopic (exact) mass is 375 g/mol. The highest BCUT2D eigenvalue weighted by Crippen LogP contribution is 2.34. The SMILES string of the molecule is CC(=O)Nc1ccc(S(=O)(=O)N2CCCCC[C@@H]2c2cccn2C)cc1. The Labute approximate surface area is 154 Å². The molecule has 1 aromatic carbocycles. The summed E-state index contributed by atoms with van der Waals surface area (Å²) in [5.74, 6) is -0.183. The summed E-state index contributed by atoms with van der Waals surface area (Å²) in [6.45, 7) is 1.94. The maximum Gasteiger partial charge on any atom is 0.243 e. The maximum atomic E-state index is 13.3. The van der Waals surface area contributed by atoms with Gasteiger partial charge in [0.15, 0.2) is 0 Å². The van der Waals surface area contributed by atoms with Crippen molar-refractivity contribution in [2.24, 2.45) is 7.05 Å². The van der Waals surface area contributed by atoms with E-state index in [0.717, 1.165) is 31.4 Å². The Morgan fingerprint density at radius 1 is 1.12 bits per heavy atom. The van der Waals surface area contributed by atoms with Gasteiger partial charge in [0.1, 0.15) is 0 Å². The van der Waals surface area contributed by atoms with E-state index in [1.54, 1.807) is 28.6 Å². The highest BCUT2D eigenvalue weighted by atomic mass is 32.2. The average Bonchev–Trinajstić information content (AvgIpc) is 2.87. The second-order valence-corrected chi connectivity index (χ2v) is 8.62. The third-order valence-electron chi connectivity index (χ3n) is 4.81. The Balaban J connectivity index is 1.94. The van der Waals surface area contributed by atoms with Gasteiger partial charge in [-0.3, -0.25) is 4.79 Å². The first-order valence-corrected chi connectivity index (χ1v) is 10.3. The summed E-state index contributed by atoms with van der Waals surface area (Å²) in [4.78, 5) is 11.4. The molecular formula is C19H25N3O3S. The molecule has 1 amide bonds. The average molecular weight is 375 g/mol. The van der Waals surface area contributed by atoms with Crippen LogP contribution in [0.15, 0.2) is 47.5 Å². The first-order chi connectivity index (χ1) is 12.4. The number of nitrogens with zero attached hydrogens (tertiary/aromatic N) is 2. The Kier molecular flexibility index (Phi) is 5.48. The molecule has 140 valence electrons. The molecule has 0 unspecified atom stereocenters. The quantitative estimate of drug-likeness (QED) is 0.891. The molecule has 1 saturated heterocycles. The van der Waals surface area contributed by atoms with E-state index in [-0.39, 0.29) is 16.8 Å². The molecule has 0 bridgehead atoms. The van der Waals surface area contributed by atoms with Gasteiger partial charge in [-0.15, -0.1) is 0 Å². The highest BCUT2D eigenvalue weighted by Gasteiger charge is 2.34. The zero-order valence-corrected chi connectivity index (χ0v) is 16.0. The molecule has 2 heterocycles. The smallest absolute Gasteiger partial charge is 0.243 e. The summed E-state index contributed by atoms with van der Waals surface area (Å²) in [7, 11) is -1.66. The molecule has 1 fully saturated rings. The number of benzene rings is 1. The summed E-state index contributed by atoms with van der Waals surface area (Å²) in [6, 6.07) is 10.2. The second kappa shape index (κ2) is 7.63. The number of aryl methyl sites for hydroxylation is 1. The van der Waals surface area contributed by atoms with E-state index in [2.05, 4.69) is 5.32 Å². The third-order valence-corrected chi connectivity index (χ3v) is 6.73. The van der Waals surface area contributed by atoms with Gasteiger partial charge in [-0.05, 0) is 49.2 Å². The first kappa shape index (κ1) is 18.7. The fourth-order valence-corrected chi connectivity index (χ4v) is 5.20. The van der Waals surface area contributed by atoms with Crippen LogP contribution in [0.2, 0.25) is 0 Å². The summed E-state index contributed by atoms with van der Waals surface area (Å²) in [5, 5.41) is 2.66. The van der Waals surface area contributed by atoms with Gasteiger partial charge in [-0.25, -0.2) is 8.42 Å². The molecule has 6 nitrogen and oxygen atoms in total. The summed E-state index contributed by atoms with van der Waals surface area (Å²) < 4.78 is 30.3. The molecule has 0 saturated carbocycles. The Hall–Kier alpha value is -2.12. The molecule has 1 N–H and O–H groups in total. The van der Waals surface area contributed by atoms with Gasteiger partial charge < -0.3 is 9.88 Å². The van der Waals surface area contributed by atoms with Crippen LogP contribution in [0.3, 0.4) is 0 Å².